The molecule has 3 heterocycles. The smallest absolute Gasteiger partial charge is 0.339 e. The van der Waals surface area contributed by atoms with Gasteiger partial charge in [0.25, 0.3) is 0 Å². The molecular weight excluding hydrogens is 294 g/mol. The molecule has 5 heteroatoms. The average Bonchev–Trinajstić information content (AvgIpc) is 3.18. The van der Waals surface area contributed by atoms with Gasteiger partial charge >= 0.3 is 11.9 Å². The van der Waals surface area contributed by atoms with E-state index in [2.05, 4.69) is 4.90 Å². The third-order valence-electron chi connectivity index (χ3n) is 4.66. The Hall–Kier alpha value is -1.88. The van der Waals surface area contributed by atoms with Crippen LogP contribution in [0.4, 0.5) is 0 Å². The van der Waals surface area contributed by atoms with Gasteiger partial charge in [-0.2, -0.15) is 0 Å². The third-order valence-corrected chi connectivity index (χ3v) is 4.66. The molecule has 3 aliphatic rings. The Balaban J connectivity index is 1.48. The fourth-order valence-electron chi connectivity index (χ4n) is 3.38. The molecular formula is C18H23NO4. The van der Waals surface area contributed by atoms with E-state index in [1.54, 1.807) is 13.0 Å². The van der Waals surface area contributed by atoms with Crippen molar-refractivity contribution in [3.63, 3.8) is 0 Å². The van der Waals surface area contributed by atoms with Gasteiger partial charge in [0.2, 0.25) is 0 Å². The van der Waals surface area contributed by atoms with E-state index in [1.807, 2.05) is 19.1 Å². The lowest BCUT2D eigenvalue weighted by Gasteiger charge is -2.27. The highest BCUT2D eigenvalue weighted by Crippen LogP contribution is 2.27. The summed E-state index contributed by atoms with van der Waals surface area (Å²) in [7, 11) is 0. The highest BCUT2D eigenvalue weighted by atomic mass is 16.6. The zero-order valence-electron chi connectivity index (χ0n) is 13.7. The lowest BCUT2D eigenvalue weighted by molar-refractivity contribution is -0.141. The lowest BCUT2D eigenvalue weighted by Crippen LogP contribution is -2.39. The molecule has 2 atom stereocenters. The van der Waals surface area contributed by atoms with Crippen molar-refractivity contribution in [2.75, 3.05) is 13.1 Å². The van der Waals surface area contributed by atoms with Crippen molar-refractivity contribution in [2.24, 2.45) is 0 Å². The topological polar surface area (TPSA) is 55.8 Å². The minimum absolute atomic E-state index is 0.0928. The summed E-state index contributed by atoms with van der Waals surface area (Å²) < 4.78 is 10.6. The zero-order chi connectivity index (χ0) is 16.4. The molecule has 5 nitrogen and oxygen atoms in total. The minimum Gasteiger partial charge on any atom is -0.453 e. The second-order valence-electron chi connectivity index (χ2n) is 6.43. The van der Waals surface area contributed by atoms with Gasteiger partial charge in [-0.15, -0.1) is 0 Å². The summed E-state index contributed by atoms with van der Waals surface area (Å²) >= 11 is 0. The number of ether oxygens (including phenoxy) is 2. The van der Waals surface area contributed by atoms with E-state index in [1.165, 1.54) is 0 Å². The first-order chi connectivity index (χ1) is 11.0. The molecule has 0 unspecified atom stereocenters. The standard InChI is InChI=1S/C18H23NO4/c1-12-10-14(22-17(12)20)6-3-4-8-19-9-5-7-15(19)16-11-13(2)18(21)23-16/h6,10-11,15-16H,3-5,7-9H2,1-2H3/b14-6-/t15-,16-/m0/s1. The second kappa shape index (κ2) is 6.71. The SMILES string of the molecule is CC1=C/C(=C/CCCN2CCC[C@H]2[C@@H]2C=C(C)C(=O)O2)OC1=O. The van der Waals surface area contributed by atoms with Gasteiger partial charge in [0, 0.05) is 11.1 Å². The Labute approximate surface area is 136 Å². The number of hydrogen-bond acceptors (Lipinski definition) is 5. The van der Waals surface area contributed by atoms with Crippen LogP contribution in [0.15, 0.2) is 35.1 Å². The normalized spacial score (nSPS) is 29.7. The molecule has 124 valence electrons. The number of carbonyl (C=O) groups excluding carboxylic acids is 2. The van der Waals surface area contributed by atoms with Crippen molar-refractivity contribution >= 4 is 11.9 Å². The summed E-state index contributed by atoms with van der Waals surface area (Å²) in [6, 6.07) is 0.301. The summed E-state index contributed by atoms with van der Waals surface area (Å²) in [5, 5.41) is 0. The molecule has 1 fully saturated rings. The summed E-state index contributed by atoms with van der Waals surface area (Å²) in [6.45, 7) is 5.59. The van der Waals surface area contributed by atoms with Crippen LogP contribution >= 0.6 is 0 Å². The first kappa shape index (κ1) is 16.0. The fraction of sp³-hybridized carbons (Fsp3) is 0.556. The third kappa shape index (κ3) is 3.55. The van der Waals surface area contributed by atoms with E-state index in [0.29, 0.717) is 17.4 Å². The molecule has 0 amide bonds. The fourth-order valence-corrected chi connectivity index (χ4v) is 3.38. The molecule has 3 aliphatic heterocycles. The Bertz CT molecular complexity index is 602. The van der Waals surface area contributed by atoms with E-state index in [9.17, 15) is 9.59 Å². The summed E-state index contributed by atoms with van der Waals surface area (Å²) in [4.78, 5) is 25.2. The van der Waals surface area contributed by atoms with Crippen LogP contribution in [-0.4, -0.2) is 42.1 Å². The van der Waals surface area contributed by atoms with Gasteiger partial charge in [0.1, 0.15) is 11.9 Å². The first-order valence-electron chi connectivity index (χ1n) is 8.28. The Kier molecular flexibility index (Phi) is 4.66. The van der Waals surface area contributed by atoms with Crippen molar-refractivity contribution in [1.82, 2.24) is 4.90 Å². The minimum atomic E-state index is -0.249. The van der Waals surface area contributed by atoms with Crippen LogP contribution in [0.25, 0.3) is 0 Å². The highest BCUT2D eigenvalue weighted by Gasteiger charge is 2.36. The van der Waals surface area contributed by atoms with Crippen LogP contribution in [0.3, 0.4) is 0 Å². The predicted molar refractivity (Wildman–Crippen MR) is 85.4 cm³/mol. The average molecular weight is 317 g/mol. The van der Waals surface area contributed by atoms with Gasteiger partial charge in [0.15, 0.2) is 0 Å². The molecule has 23 heavy (non-hydrogen) atoms. The Morgan fingerprint density at radius 2 is 2.09 bits per heavy atom. The zero-order valence-corrected chi connectivity index (χ0v) is 13.7. The van der Waals surface area contributed by atoms with Gasteiger partial charge in [-0.25, -0.2) is 9.59 Å². The number of rotatable bonds is 5. The number of cyclic esters (lactones) is 2. The van der Waals surface area contributed by atoms with E-state index < -0.39 is 0 Å². The number of hydrogen-bond donors (Lipinski definition) is 0. The molecule has 0 saturated carbocycles. The van der Waals surface area contributed by atoms with Crippen molar-refractivity contribution < 1.29 is 19.1 Å². The monoisotopic (exact) mass is 317 g/mol. The molecule has 0 aromatic rings. The van der Waals surface area contributed by atoms with Gasteiger partial charge in [0.05, 0.1) is 6.04 Å². The van der Waals surface area contributed by atoms with Crippen molar-refractivity contribution in [3.05, 3.63) is 35.1 Å². The van der Waals surface area contributed by atoms with Gasteiger partial charge in [-0.05, 0) is 70.8 Å². The quantitative estimate of drug-likeness (QED) is 0.576. The van der Waals surface area contributed by atoms with Crippen LogP contribution in [0.2, 0.25) is 0 Å². The van der Waals surface area contributed by atoms with Gasteiger partial charge < -0.3 is 9.47 Å². The molecule has 0 aromatic heterocycles. The first-order valence-corrected chi connectivity index (χ1v) is 8.28. The number of likely N-dealkylation sites (tertiary alicyclic amines) is 1. The molecule has 0 bridgehead atoms. The van der Waals surface area contributed by atoms with Crippen molar-refractivity contribution in [3.8, 4) is 0 Å². The van der Waals surface area contributed by atoms with E-state index in [-0.39, 0.29) is 18.0 Å². The number of nitrogens with zero attached hydrogens (tertiary/aromatic N) is 1. The molecule has 0 aromatic carbocycles. The molecule has 0 radical (unpaired) electrons. The maximum Gasteiger partial charge on any atom is 0.339 e. The Morgan fingerprint density at radius 3 is 2.74 bits per heavy atom. The van der Waals surface area contributed by atoms with E-state index in [4.69, 9.17) is 9.47 Å². The summed E-state index contributed by atoms with van der Waals surface area (Å²) in [6.07, 6.45) is 9.70. The number of allylic oxidation sites excluding steroid dienone is 2. The molecule has 0 N–H and O–H groups in total. The molecule has 3 rings (SSSR count). The number of unbranched alkanes of at least 4 members (excludes halogenated alkanes) is 1. The highest BCUT2D eigenvalue weighted by molar-refractivity contribution is 5.92. The maximum absolute atomic E-state index is 11.5. The van der Waals surface area contributed by atoms with E-state index in [0.717, 1.165) is 44.3 Å². The maximum atomic E-state index is 11.5. The van der Waals surface area contributed by atoms with Crippen molar-refractivity contribution in [1.29, 1.82) is 0 Å². The summed E-state index contributed by atoms with van der Waals surface area (Å²) in [5.74, 6) is 0.228. The Morgan fingerprint density at radius 1 is 1.26 bits per heavy atom. The lowest BCUT2D eigenvalue weighted by atomic mass is 10.1. The number of carbonyl (C=O) groups is 2. The van der Waals surface area contributed by atoms with Crippen LogP contribution < -0.4 is 0 Å². The van der Waals surface area contributed by atoms with Gasteiger partial charge in [-0.1, -0.05) is 0 Å². The molecule has 1 saturated heterocycles. The predicted octanol–water partition coefficient (Wildman–Crippen LogP) is 2.49. The summed E-state index contributed by atoms with van der Waals surface area (Å²) in [5.41, 5.74) is 1.37. The van der Waals surface area contributed by atoms with Gasteiger partial charge in [-0.3, -0.25) is 4.90 Å². The van der Waals surface area contributed by atoms with Crippen LogP contribution in [0, 0.1) is 0 Å². The second-order valence-corrected chi connectivity index (χ2v) is 6.43. The largest absolute Gasteiger partial charge is 0.453 e. The van der Waals surface area contributed by atoms with Crippen LogP contribution in [-0.2, 0) is 19.1 Å². The van der Waals surface area contributed by atoms with Crippen LogP contribution in [0.5, 0.6) is 0 Å². The van der Waals surface area contributed by atoms with E-state index >= 15 is 0 Å². The van der Waals surface area contributed by atoms with Crippen LogP contribution in [0.1, 0.15) is 39.5 Å². The molecule has 0 spiro atoms. The molecule has 0 aliphatic carbocycles. The number of esters is 2. The van der Waals surface area contributed by atoms with Crippen molar-refractivity contribution in [2.45, 2.75) is 51.7 Å².